The van der Waals surface area contributed by atoms with Gasteiger partial charge in [0, 0.05) is 16.7 Å². The summed E-state index contributed by atoms with van der Waals surface area (Å²) in [6.07, 6.45) is 5.47. The molecule has 0 N–H and O–H groups in total. The fourth-order valence-electron chi connectivity index (χ4n) is 12.4. The molecule has 0 bridgehead atoms. The molecule has 4 aliphatic rings. The van der Waals surface area contributed by atoms with Crippen LogP contribution in [0.1, 0.15) is 73.6 Å². The summed E-state index contributed by atoms with van der Waals surface area (Å²) in [6, 6.07) is 58.1. The number of fused-ring (bicyclic) bond motifs is 7. The topological polar surface area (TPSA) is 0 Å². The minimum absolute atomic E-state index is 0.0265. The van der Waals surface area contributed by atoms with Crippen molar-refractivity contribution in [1.82, 2.24) is 0 Å². The Kier molecular flexibility index (Phi) is 7.44. The molecular formula is C63H48. The van der Waals surface area contributed by atoms with Gasteiger partial charge in [-0.05, 0) is 176 Å². The highest BCUT2D eigenvalue weighted by molar-refractivity contribution is 6.26. The molecule has 0 spiro atoms. The van der Waals surface area contributed by atoms with E-state index in [-0.39, 0.29) is 10.8 Å². The van der Waals surface area contributed by atoms with Crippen LogP contribution in [0.15, 0.2) is 181 Å². The van der Waals surface area contributed by atoms with Crippen molar-refractivity contribution in [3.63, 3.8) is 0 Å². The van der Waals surface area contributed by atoms with Crippen molar-refractivity contribution in [1.29, 1.82) is 0 Å². The fourth-order valence-corrected chi connectivity index (χ4v) is 12.4. The van der Waals surface area contributed by atoms with Gasteiger partial charge < -0.3 is 0 Å². The molecule has 0 aliphatic heterocycles. The van der Waals surface area contributed by atoms with Crippen LogP contribution in [0.2, 0.25) is 0 Å². The average molecular weight is 805 g/mol. The molecule has 0 saturated heterocycles. The van der Waals surface area contributed by atoms with E-state index in [2.05, 4.69) is 211 Å². The van der Waals surface area contributed by atoms with Crippen LogP contribution in [0.5, 0.6) is 0 Å². The first-order chi connectivity index (χ1) is 30.6. The maximum Gasteiger partial charge on any atom is 0.0360 e. The predicted molar refractivity (Wildman–Crippen MR) is 268 cm³/mol. The minimum Gasteiger partial charge on any atom is -0.124 e. The first-order valence-electron chi connectivity index (χ1n) is 22.8. The van der Waals surface area contributed by atoms with Gasteiger partial charge in [-0.15, -0.1) is 5.73 Å². The molecule has 1 unspecified atom stereocenters. The molecular weight excluding hydrogens is 757 g/mol. The van der Waals surface area contributed by atoms with E-state index in [1.54, 1.807) is 0 Å². The second kappa shape index (κ2) is 12.8. The molecule has 1 atom stereocenters. The Morgan fingerprint density at radius 3 is 1.94 bits per heavy atom. The summed E-state index contributed by atoms with van der Waals surface area (Å²) < 4.78 is 0. The molecule has 0 nitrogen and oxygen atoms in total. The normalized spacial score (nSPS) is 17.3. The van der Waals surface area contributed by atoms with Gasteiger partial charge in [0.1, 0.15) is 0 Å². The Labute approximate surface area is 370 Å². The van der Waals surface area contributed by atoms with Crippen molar-refractivity contribution in [2.45, 2.75) is 58.8 Å². The zero-order valence-corrected chi connectivity index (χ0v) is 36.9. The third kappa shape index (κ3) is 4.99. The zero-order chi connectivity index (χ0) is 42.5. The molecule has 0 aromatic heterocycles. The van der Waals surface area contributed by atoms with E-state index in [1.807, 2.05) is 0 Å². The monoisotopic (exact) mass is 804 g/mol. The van der Waals surface area contributed by atoms with Gasteiger partial charge in [-0.25, -0.2) is 0 Å². The molecule has 9 aromatic carbocycles. The van der Waals surface area contributed by atoms with Crippen molar-refractivity contribution in [2.24, 2.45) is 5.92 Å². The standard InChI is InChI=1S/C63H48/c1-7-37-33-39(25-30-45(37)44-28-26-40(32-36(44)2)58-52-18-12-17-50-48-14-8-10-19-53(48)63(5,6)61(50)60(52)58)46-29-24-38-22-23-41-34-43(35-42-27-31-49(46)57(38)56(41)42)47-16-13-21-55-59(47)51-15-9-11-20-54(51)62(55,3)4/h8-11,13-35,52H,7H2,1-6H3. The van der Waals surface area contributed by atoms with E-state index in [0.717, 1.165) is 6.42 Å². The smallest absolute Gasteiger partial charge is 0.0360 e. The maximum atomic E-state index is 3.57. The number of hydrogen-bond donors (Lipinski definition) is 0. The van der Waals surface area contributed by atoms with Crippen molar-refractivity contribution < 1.29 is 0 Å². The van der Waals surface area contributed by atoms with Gasteiger partial charge in [-0.2, -0.15) is 0 Å². The molecule has 13 rings (SSSR count). The van der Waals surface area contributed by atoms with E-state index in [0.29, 0.717) is 5.92 Å². The molecule has 0 fully saturated rings. The van der Waals surface area contributed by atoms with Crippen molar-refractivity contribution >= 4 is 43.5 Å². The lowest BCUT2D eigenvalue weighted by molar-refractivity contribution is 0.646. The molecule has 0 heterocycles. The van der Waals surface area contributed by atoms with Crippen LogP contribution in [-0.2, 0) is 17.3 Å². The lowest BCUT2D eigenvalue weighted by Gasteiger charge is -2.23. The summed E-state index contributed by atoms with van der Waals surface area (Å²) in [5, 5.41) is 7.91. The van der Waals surface area contributed by atoms with Gasteiger partial charge >= 0.3 is 0 Å². The molecule has 9 aromatic rings. The molecule has 0 radical (unpaired) electrons. The van der Waals surface area contributed by atoms with Crippen molar-refractivity contribution in [3.8, 4) is 44.5 Å². The van der Waals surface area contributed by atoms with Crippen LogP contribution >= 0.6 is 0 Å². The second-order valence-electron chi connectivity index (χ2n) is 19.6. The summed E-state index contributed by atoms with van der Waals surface area (Å²) in [5.74, 6) is 0.334. The Bertz CT molecular complexity index is 3620. The molecule has 0 saturated carbocycles. The number of hydrogen-bond acceptors (Lipinski definition) is 0. The summed E-state index contributed by atoms with van der Waals surface area (Å²) in [6.45, 7) is 14.1. The second-order valence-corrected chi connectivity index (χ2v) is 19.6. The van der Waals surface area contributed by atoms with Gasteiger partial charge in [-0.3, -0.25) is 0 Å². The molecule has 63 heavy (non-hydrogen) atoms. The largest absolute Gasteiger partial charge is 0.124 e. The minimum atomic E-state index is -0.0309. The highest BCUT2D eigenvalue weighted by atomic mass is 14.5. The SMILES string of the molecule is CCc1cc(-c2ccc3ccc4cc(-c5cccc6c5-c5ccccc5C6(C)C)cc5ccc2c3c45)ccc1-c1ccc(C2=C3C4=C(C=C=CC32)c2ccccc2C4(C)C)cc1C. The Balaban J connectivity index is 0.871. The zero-order valence-electron chi connectivity index (χ0n) is 36.9. The van der Waals surface area contributed by atoms with E-state index in [1.165, 1.54) is 138 Å². The highest BCUT2D eigenvalue weighted by Crippen LogP contribution is 2.62. The number of rotatable bonds is 5. The first-order valence-corrected chi connectivity index (χ1v) is 22.8. The van der Waals surface area contributed by atoms with Crippen molar-refractivity contribution in [2.75, 3.05) is 0 Å². The van der Waals surface area contributed by atoms with E-state index in [9.17, 15) is 0 Å². The van der Waals surface area contributed by atoms with Gasteiger partial charge in [0.2, 0.25) is 0 Å². The van der Waals surface area contributed by atoms with E-state index < -0.39 is 0 Å². The number of allylic oxidation sites excluding steroid dienone is 5. The fraction of sp³-hybridized carbons (Fsp3) is 0.159. The van der Waals surface area contributed by atoms with Crippen LogP contribution in [0.25, 0.3) is 88.0 Å². The summed E-state index contributed by atoms with van der Waals surface area (Å²) >= 11 is 0. The maximum absolute atomic E-state index is 3.57. The predicted octanol–water partition coefficient (Wildman–Crippen LogP) is 16.6. The van der Waals surface area contributed by atoms with Gasteiger partial charge in [0.25, 0.3) is 0 Å². The van der Waals surface area contributed by atoms with E-state index >= 15 is 0 Å². The third-order valence-electron chi connectivity index (χ3n) is 15.5. The molecule has 0 amide bonds. The summed E-state index contributed by atoms with van der Waals surface area (Å²) in [5.41, 5.74) is 29.5. The van der Waals surface area contributed by atoms with Gasteiger partial charge in [0.15, 0.2) is 0 Å². The summed E-state index contributed by atoms with van der Waals surface area (Å²) in [7, 11) is 0. The van der Waals surface area contributed by atoms with Crippen LogP contribution in [0.3, 0.4) is 0 Å². The molecule has 300 valence electrons. The van der Waals surface area contributed by atoms with Crippen LogP contribution in [0, 0.1) is 12.8 Å². The molecule has 4 aliphatic carbocycles. The average Bonchev–Trinajstić information content (AvgIpc) is 3.94. The Morgan fingerprint density at radius 1 is 0.492 bits per heavy atom. The highest BCUT2D eigenvalue weighted by Gasteiger charge is 2.48. The van der Waals surface area contributed by atoms with Gasteiger partial charge in [-0.1, -0.05) is 174 Å². The first kappa shape index (κ1) is 36.7. The van der Waals surface area contributed by atoms with Gasteiger partial charge in [0.05, 0.1) is 0 Å². The molecule has 0 heteroatoms. The van der Waals surface area contributed by atoms with Crippen LogP contribution < -0.4 is 0 Å². The Morgan fingerprint density at radius 2 is 1.14 bits per heavy atom. The van der Waals surface area contributed by atoms with Crippen molar-refractivity contribution in [3.05, 3.63) is 220 Å². The van der Waals surface area contributed by atoms with E-state index in [4.69, 9.17) is 0 Å². The number of benzene rings is 9. The summed E-state index contributed by atoms with van der Waals surface area (Å²) in [4.78, 5) is 0. The Hall–Kier alpha value is -6.98. The quantitative estimate of drug-likeness (QED) is 0.120. The van der Waals surface area contributed by atoms with Crippen LogP contribution in [0.4, 0.5) is 0 Å². The van der Waals surface area contributed by atoms with Crippen LogP contribution in [-0.4, -0.2) is 0 Å². The lowest BCUT2D eigenvalue weighted by atomic mass is 9.79. The third-order valence-corrected chi connectivity index (χ3v) is 15.5. The number of aryl methyl sites for hydroxylation is 2. The lowest BCUT2D eigenvalue weighted by Crippen LogP contribution is -2.17.